The third kappa shape index (κ3) is 7.96. The van der Waals surface area contributed by atoms with E-state index in [1.54, 1.807) is 4.90 Å². The van der Waals surface area contributed by atoms with E-state index in [4.69, 9.17) is 0 Å². The zero-order valence-corrected chi connectivity index (χ0v) is 33.0. The monoisotopic (exact) mass is 780 g/mol. The number of aliphatic imine (C=N–C) groups is 1. The molecule has 3 aliphatic heterocycles. The lowest BCUT2D eigenvalue weighted by atomic mass is 9.89. The summed E-state index contributed by atoms with van der Waals surface area (Å²) in [5.74, 6) is -0.911. The Morgan fingerprint density at radius 3 is 1.72 bits per heavy atom. The van der Waals surface area contributed by atoms with E-state index in [2.05, 4.69) is 32.4 Å². The highest BCUT2D eigenvalue weighted by Crippen LogP contribution is 2.45. The lowest BCUT2D eigenvalue weighted by Crippen LogP contribution is -2.46. The van der Waals surface area contributed by atoms with Crippen LogP contribution in [0.4, 0.5) is 4.79 Å². The number of carboxylic acid groups (broad SMARTS) is 1. The minimum Gasteiger partial charge on any atom is -0.480 e. The number of carbonyl (C=O) groups is 3. The van der Waals surface area contributed by atoms with Gasteiger partial charge in [-0.1, -0.05) is 104 Å². The molecule has 3 aliphatic rings. The number of para-hydroxylation sites is 2. The van der Waals surface area contributed by atoms with Crippen LogP contribution >= 0.6 is 0 Å². The highest BCUT2D eigenvalue weighted by molar-refractivity contribution is 6.06. The number of isocyanates is 1. The van der Waals surface area contributed by atoms with E-state index in [9.17, 15) is 24.3 Å². The molecule has 2 aromatic heterocycles. The first kappa shape index (κ1) is 41.3. The van der Waals surface area contributed by atoms with Gasteiger partial charge in [0.15, 0.2) is 0 Å². The second-order valence-electron chi connectivity index (χ2n) is 16.7. The van der Waals surface area contributed by atoms with Crippen molar-refractivity contribution in [3.05, 3.63) is 143 Å². The zero-order valence-electron chi connectivity index (χ0n) is 33.0. The molecule has 4 aromatic carbocycles. The van der Waals surface area contributed by atoms with Crippen molar-refractivity contribution >= 4 is 45.8 Å². The molecule has 9 rings (SSSR count). The number of imide groups is 1. The molecule has 0 spiro atoms. The molecule has 58 heavy (non-hydrogen) atoms. The number of aliphatic carboxylic acids is 1. The van der Waals surface area contributed by atoms with Gasteiger partial charge in [-0.15, -0.1) is 0 Å². The van der Waals surface area contributed by atoms with Crippen LogP contribution in [0.25, 0.3) is 21.8 Å². The SMILES string of the molecule is C.CC(C)(C)N1C(=O)C2Cc3c([nH]c4ccccc34)C(c3ccccc3)N2C1=O.CC(C)(C)N=C=O.O=C(O)C1Cc2c([nH]c3ccccc23)C(c2ccccc2)N1. The topological polar surface area (TPSA) is 151 Å². The molecule has 3 amide bonds. The summed E-state index contributed by atoms with van der Waals surface area (Å²) in [5.41, 5.74) is 7.72. The quantitative estimate of drug-likeness (QED) is 0.0801. The van der Waals surface area contributed by atoms with Gasteiger partial charge in [0.25, 0.3) is 5.91 Å². The number of hydrogen-bond donors (Lipinski definition) is 4. The number of H-pyrrole nitrogens is 2. The summed E-state index contributed by atoms with van der Waals surface area (Å²) < 4.78 is 0. The van der Waals surface area contributed by atoms with Gasteiger partial charge in [0, 0.05) is 51.6 Å². The van der Waals surface area contributed by atoms with Gasteiger partial charge in [-0.2, -0.15) is 0 Å². The van der Waals surface area contributed by atoms with E-state index in [-0.39, 0.29) is 37.0 Å². The van der Waals surface area contributed by atoms with Crippen molar-refractivity contribution in [3.63, 3.8) is 0 Å². The molecule has 0 radical (unpaired) electrons. The van der Waals surface area contributed by atoms with Crippen LogP contribution in [-0.4, -0.2) is 72.0 Å². The molecular weight excluding hydrogens is 729 g/mol. The third-order valence-corrected chi connectivity index (χ3v) is 10.6. The molecule has 11 nitrogen and oxygen atoms in total. The minimum atomic E-state index is -0.808. The first-order valence-electron chi connectivity index (χ1n) is 19.2. The smallest absolute Gasteiger partial charge is 0.328 e. The first-order chi connectivity index (χ1) is 27.2. The summed E-state index contributed by atoms with van der Waals surface area (Å²) in [4.78, 5) is 61.4. The van der Waals surface area contributed by atoms with E-state index in [1.807, 2.05) is 139 Å². The van der Waals surface area contributed by atoms with Crippen molar-refractivity contribution in [1.29, 1.82) is 0 Å². The number of hydrogen-bond acceptors (Lipinski definition) is 6. The van der Waals surface area contributed by atoms with Gasteiger partial charge in [0.2, 0.25) is 6.08 Å². The minimum absolute atomic E-state index is 0. The number of carboxylic acids is 1. The number of nitrogens with zero attached hydrogens (tertiary/aromatic N) is 3. The maximum absolute atomic E-state index is 13.4. The summed E-state index contributed by atoms with van der Waals surface area (Å²) in [5, 5.41) is 15.0. The van der Waals surface area contributed by atoms with Gasteiger partial charge >= 0.3 is 12.0 Å². The second-order valence-corrected chi connectivity index (χ2v) is 16.7. The second kappa shape index (κ2) is 16.3. The Bertz CT molecular complexity index is 2490. The fourth-order valence-electron chi connectivity index (χ4n) is 8.11. The number of fused-ring (bicyclic) bond motifs is 7. The Labute approximate surface area is 339 Å². The molecule has 0 aliphatic carbocycles. The molecule has 4 unspecified atom stereocenters. The molecule has 4 atom stereocenters. The molecule has 1 fully saturated rings. The number of aromatic nitrogens is 2. The average molecular weight is 781 g/mol. The van der Waals surface area contributed by atoms with Crippen molar-refractivity contribution in [2.24, 2.45) is 4.99 Å². The Balaban J connectivity index is 0.000000169. The summed E-state index contributed by atoms with van der Waals surface area (Å²) in [6, 6.07) is 34.5. The highest BCUT2D eigenvalue weighted by Gasteiger charge is 2.55. The summed E-state index contributed by atoms with van der Waals surface area (Å²) in [6.07, 6.45) is 2.52. The lowest BCUT2D eigenvalue weighted by Gasteiger charge is -2.36. The number of carbonyl (C=O) groups excluding carboxylic acids is 3. The summed E-state index contributed by atoms with van der Waals surface area (Å²) in [7, 11) is 0. The van der Waals surface area contributed by atoms with Crippen LogP contribution < -0.4 is 5.32 Å². The largest absolute Gasteiger partial charge is 0.480 e. The predicted molar refractivity (Wildman–Crippen MR) is 227 cm³/mol. The Morgan fingerprint density at radius 2 is 1.22 bits per heavy atom. The fourth-order valence-corrected chi connectivity index (χ4v) is 8.11. The average Bonchev–Trinajstić information content (AvgIpc) is 3.83. The fraction of sp³-hybridized carbons (Fsp3) is 0.319. The van der Waals surface area contributed by atoms with Crippen molar-refractivity contribution in [2.45, 2.75) is 97.1 Å². The number of nitrogens with one attached hydrogen (secondary N) is 3. The van der Waals surface area contributed by atoms with Gasteiger partial charge in [-0.3, -0.25) is 24.7 Å². The van der Waals surface area contributed by atoms with Crippen molar-refractivity contribution in [1.82, 2.24) is 25.1 Å². The molecule has 0 saturated carbocycles. The van der Waals surface area contributed by atoms with E-state index in [0.29, 0.717) is 12.8 Å². The molecule has 5 heterocycles. The van der Waals surface area contributed by atoms with Gasteiger partial charge < -0.3 is 15.1 Å². The molecule has 11 heteroatoms. The van der Waals surface area contributed by atoms with E-state index in [0.717, 1.165) is 55.4 Å². The lowest BCUT2D eigenvalue weighted by molar-refractivity contribution is -0.139. The predicted octanol–water partition coefficient (Wildman–Crippen LogP) is 8.86. The number of benzene rings is 4. The van der Waals surface area contributed by atoms with Crippen LogP contribution in [0.3, 0.4) is 0 Å². The highest BCUT2D eigenvalue weighted by atomic mass is 16.4. The Kier molecular flexibility index (Phi) is 11.6. The number of aromatic amines is 2. The van der Waals surface area contributed by atoms with Crippen molar-refractivity contribution in [2.75, 3.05) is 0 Å². The normalized spacial score (nSPS) is 19.7. The van der Waals surface area contributed by atoms with Gasteiger partial charge in [-0.25, -0.2) is 14.6 Å². The molecule has 1 saturated heterocycles. The third-order valence-electron chi connectivity index (χ3n) is 10.6. The van der Waals surface area contributed by atoms with Crippen LogP contribution in [0.1, 0.15) is 94.7 Å². The van der Waals surface area contributed by atoms with Crippen molar-refractivity contribution < 1.29 is 24.3 Å². The van der Waals surface area contributed by atoms with E-state index in [1.165, 1.54) is 11.0 Å². The van der Waals surface area contributed by atoms with E-state index < -0.39 is 23.6 Å². The molecule has 0 bridgehead atoms. The summed E-state index contributed by atoms with van der Waals surface area (Å²) in [6.45, 7) is 11.3. The number of rotatable bonds is 3. The van der Waals surface area contributed by atoms with Crippen LogP contribution in [0, 0.1) is 0 Å². The van der Waals surface area contributed by atoms with Crippen LogP contribution in [0.15, 0.2) is 114 Å². The van der Waals surface area contributed by atoms with Gasteiger partial charge in [0.1, 0.15) is 18.1 Å². The van der Waals surface area contributed by atoms with Crippen LogP contribution in [0.2, 0.25) is 0 Å². The standard InChI is InChI=1S/C23H23N3O2.C18H16N2O2.C5H9NO.CH4/c1-23(2,3)26-21(27)18-13-16-15-11-7-8-12-17(15)24-19(16)20(25(18)22(26)28)14-9-5-4-6-10-14;21-18(22)15-10-13-12-8-4-5-9-14(12)19-17(13)16(20-15)11-6-2-1-3-7-11;1-5(2,3)6-4-7;/h4-12,18,20,24H,13H2,1-3H3;1-9,15-16,19-20H,10H2,(H,21,22);1-3H3;1H4. The summed E-state index contributed by atoms with van der Waals surface area (Å²) >= 11 is 0. The van der Waals surface area contributed by atoms with Crippen molar-refractivity contribution in [3.8, 4) is 0 Å². The number of amides is 3. The van der Waals surface area contributed by atoms with Crippen LogP contribution in [-0.2, 0) is 27.2 Å². The van der Waals surface area contributed by atoms with Gasteiger partial charge in [0.05, 0.1) is 11.6 Å². The molecular formula is C47H52N6O5. The number of urea groups is 1. The van der Waals surface area contributed by atoms with Gasteiger partial charge in [-0.05, 0) is 75.9 Å². The Morgan fingerprint density at radius 1 is 0.724 bits per heavy atom. The van der Waals surface area contributed by atoms with E-state index >= 15 is 0 Å². The molecule has 6 aromatic rings. The zero-order chi connectivity index (χ0) is 40.6. The maximum Gasteiger partial charge on any atom is 0.328 e. The Hall–Kier alpha value is -6.29. The molecule has 4 N–H and O–H groups in total. The first-order valence-corrected chi connectivity index (χ1v) is 19.2. The molecule has 300 valence electrons. The maximum atomic E-state index is 13.4. The van der Waals surface area contributed by atoms with Crippen LogP contribution in [0.5, 0.6) is 0 Å².